The van der Waals surface area contributed by atoms with Crippen molar-refractivity contribution in [3.05, 3.63) is 53.1 Å². The number of nitrogens with zero attached hydrogens (tertiary/aromatic N) is 1. The zero-order valence-electron chi connectivity index (χ0n) is 15.7. The number of rotatable bonds is 5. The van der Waals surface area contributed by atoms with E-state index in [-0.39, 0.29) is 10.8 Å². The Morgan fingerprint density at radius 2 is 1.79 bits per heavy atom. The lowest BCUT2D eigenvalue weighted by Gasteiger charge is -2.20. The first-order chi connectivity index (χ1) is 13.4. The van der Waals surface area contributed by atoms with E-state index < -0.39 is 10.0 Å². The topological polar surface area (TPSA) is 66.5 Å². The second kappa shape index (κ2) is 9.31. The zero-order valence-corrected chi connectivity index (χ0v) is 18.0. The molecule has 0 aliphatic carbocycles. The van der Waals surface area contributed by atoms with Gasteiger partial charge in [0, 0.05) is 23.7 Å². The summed E-state index contributed by atoms with van der Waals surface area (Å²) in [6, 6.07) is 11.6. The molecule has 1 fully saturated rings. The normalized spacial score (nSPS) is 15.8. The molecule has 2 aromatic carbocycles. The molecule has 2 aromatic rings. The van der Waals surface area contributed by atoms with Crippen molar-refractivity contribution in [3.63, 3.8) is 0 Å². The van der Waals surface area contributed by atoms with Crippen molar-refractivity contribution in [1.82, 2.24) is 4.31 Å². The molecule has 150 valence electrons. The molecule has 0 aromatic heterocycles. The predicted octanol–water partition coefficient (Wildman–Crippen LogP) is 4.88. The monoisotopic (exact) mass is 438 g/mol. The smallest absolute Gasteiger partial charge is 0.257 e. The number of sulfonamides is 1. The van der Waals surface area contributed by atoms with Crippen LogP contribution in [0.3, 0.4) is 0 Å². The Hall–Kier alpha value is -1.54. The molecule has 1 heterocycles. The van der Waals surface area contributed by atoms with Crippen LogP contribution in [0.2, 0.25) is 5.02 Å². The lowest BCUT2D eigenvalue weighted by molar-refractivity contribution is 0.102. The summed E-state index contributed by atoms with van der Waals surface area (Å²) in [5, 5.41) is 3.11. The van der Waals surface area contributed by atoms with E-state index in [2.05, 4.69) is 5.32 Å². The maximum absolute atomic E-state index is 13.0. The summed E-state index contributed by atoms with van der Waals surface area (Å²) in [6.07, 6.45) is 5.78. The molecule has 0 unspecified atom stereocenters. The first-order valence-electron chi connectivity index (χ1n) is 9.17. The number of hydrogen-bond acceptors (Lipinski definition) is 4. The molecule has 3 rings (SSSR count). The fraction of sp³-hybridized carbons (Fsp3) is 0.350. The van der Waals surface area contributed by atoms with Gasteiger partial charge in [-0.1, -0.05) is 30.5 Å². The first-order valence-corrected chi connectivity index (χ1v) is 12.2. The van der Waals surface area contributed by atoms with Gasteiger partial charge in [0.15, 0.2) is 0 Å². The van der Waals surface area contributed by atoms with Crippen LogP contribution in [0.5, 0.6) is 0 Å². The summed E-state index contributed by atoms with van der Waals surface area (Å²) in [7, 11) is -3.57. The summed E-state index contributed by atoms with van der Waals surface area (Å²) in [5.41, 5.74) is 0.779. The largest absolute Gasteiger partial charge is 0.322 e. The molecular formula is C20H23ClN2O3S2. The van der Waals surface area contributed by atoms with Crippen molar-refractivity contribution in [2.45, 2.75) is 35.5 Å². The molecule has 1 saturated heterocycles. The van der Waals surface area contributed by atoms with E-state index in [0.29, 0.717) is 29.4 Å². The Morgan fingerprint density at radius 3 is 2.46 bits per heavy atom. The Labute approximate surface area is 175 Å². The molecular weight excluding hydrogens is 416 g/mol. The van der Waals surface area contributed by atoms with Gasteiger partial charge in [0.25, 0.3) is 5.91 Å². The Morgan fingerprint density at radius 1 is 1.07 bits per heavy atom. The summed E-state index contributed by atoms with van der Waals surface area (Å²) >= 11 is 7.68. The molecule has 1 amide bonds. The van der Waals surface area contributed by atoms with Gasteiger partial charge in [-0.05, 0) is 55.5 Å². The van der Waals surface area contributed by atoms with Crippen molar-refractivity contribution in [2.75, 3.05) is 24.7 Å². The lowest BCUT2D eigenvalue weighted by atomic mass is 10.2. The minimum atomic E-state index is -3.57. The van der Waals surface area contributed by atoms with Crippen molar-refractivity contribution in [3.8, 4) is 0 Å². The predicted molar refractivity (Wildman–Crippen MR) is 115 cm³/mol. The third-order valence-corrected chi connectivity index (χ3v) is 7.66. The minimum Gasteiger partial charge on any atom is -0.322 e. The molecule has 0 saturated carbocycles. The van der Waals surface area contributed by atoms with Gasteiger partial charge in [-0.3, -0.25) is 4.79 Å². The van der Waals surface area contributed by atoms with Crippen LogP contribution in [0.1, 0.15) is 36.0 Å². The molecule has 5 nitrogen and oxygen atoms in total. The van der Waals surface area contributed by atoms with Crippen LogP contribution in [-0.2, 0) is 10.0 Å². The Balaban J connectivity index is 1.82. The number of thioether (sulfide) groups is 1. The van der Waals surface area contributed by atoms with Crippen LogP contribution in [0.25, 0.3) is 0 Å². The molecule has 0 atom stereocenters. The van der Waals surface area contributed by atoms with Gasteiger partial charge in [0.05, 0.1) is 15.5 Å². The molecule has 0 bridgehead atoms. The number of hydrogen-bond donors (Lipinski definition) is 1. The van der Waals surface area contributed by atoms with Gasteiger partial charge < -0.3 is 5.32 Å². The van der Waals surface area contributed by atoms with E-state index in [9.17, 15) is 13.2 Å². The molecule has 1 aliphatic heterocycles. The maximum Gasteiger partial charge on any atom is 0.257 e. The number of benzene rings is 2. The fourth-order valence-corrected chi connectivity index (χ4v) is 5.38. The number of carbonyl (C=O) groups is 1. The number of nitrogens with one attached hydrogen (secondary N) is 1. The van der Waals surface area contributed by atoms with Crippen molar-refractivity contribution in [2.24, 2.45) is 0 Å². The highest BCUT2D eigenvalue weighted by molar-refractivity contribution is 7.98. The molecule has 28 heavy (non-hydrogen) atoms. The van der Waals surface area contributed by atoms with Crippen LogP contribution in [0.15, 0.2) is 52.3 Å². The number of anilines is 1. The summed E-state index contributed by atoms with van der Waals surface area (Å²) < 4.78 is 27.5. The molecule has 1 aliphatic rings. The summed E-state index contributed by atoms with van der Waals surface area (Å²) in [5.74, 6) is -0.370. The van der Waals surface area contributed by atoms with Gasteiger partial charge in [-0.25, -0.2) is 8.42 Å². The molecule has 0 radical (unpaired) electrons. The van der Waals surface area contributed by atoms with Crippen molar-refractivity contribution >= 4 is 45.0 Å². The maximum atomic E-state index is 13.0. The van der Waals surface area contributed by atoms with E-state index in [1.54, 1.807) is 34.6 Å². The second-order valence-corrected chi connectivity index (χ2v) is 9.87. The quantitative estimate of drug-likeness (QED) is 0.675. The highest BCUT2D eigenvalue weighted by Crippen LogP contribution is 2.26. The van der Waals surface area contributed by atoms with Crippen LogP contribution in [-0.4, -0.2) is 38.0 Å². The van der Waals surface area contributed by atoms with Crippen LogP contribution in [0, 0.1) is 0 Å². The number of carbonyl (C=O) groups excluding carboxylic acids is 1. The van der Waals surface area contributed by atoms with E-state index >= 15 is 0 Å². The van der Waals surface area contributed by atoms with Crippen LogP contribution < -0.4 is 5.32 Å². The van der Waals surface area contributed by atoms with Gasteiger partial charge in [0.1, 0.15) is 0 Å². The van der Waals surface area contributed by atoms with E-state index in [4.69, 9.17) is 11.6 Å². The number of halogens is 1. The fourth-order valence-electron chi connectivity index (χ4n) is 3.17. The van der Waals surface area contributed by atoms with E-state index in [1.807, 2.05) is 12.3 Å². The second-order valence-electron chi connectivity index (χ2n) is 6.65. The summed E-state index contributed by atoms with van der Waals surface area (Å²) in [6.45, 7) is 1.08. The van der Waals surface area contributed by atoms with Crippen molar-refractivity contribution in [1.29, 1.82) is 0 Å². The zero-order chi connectivity index (χ0) is 20.1. The van der Waals surface area contributed by atoms with Gasteiger partial charge in [-0.2, -0.15) is 4.31 Å². The Kier molecular flexibility index (Phi) is 7.04. The molecule has 0 spiro atoms. The lowest BCUT2D eigenvalue weighted by Crippen LogP contribution is -2.32. The van der Waals surface area contributed by atoms with Crippen LogP contribution >= 0.6 is 23.4 Å². The average molecular weight is 439 g/mol. The van der Waals surface area contributed by atoms with Gasteiger partial charge >= 0.3 is 0 Å². The van der Waals surface area contributed by atoms with Crippen molar-refractivity contribution < 1.29 is 13.2 Å². The minimum absolute atomic E-state index is 0.191. The van der Waals surface area contributed by atoms with E-state index in [1.165, 1.54) is 17.8 Å². The summed E-state index contributed by atoms with van der Waals surface area (Å²) in [4.78, 5) is 13.8. The molecule has 1 N–H and O–H groups in total. The third-order valence-electron chi connectivity index (χ3n) is 4.71. The average Bonchev–Trinajstić information content (AvgIpc) is 2.98. The first kappa shape index (κ1) is 21.2. The highest BCUT2D eigenvalue weighted by Gasteiger charge is 2.25. The SMILES string of the molecule is CSc1ccc(Cl)c(C(=O)Nc2cccc(S(=O)(=O)N3CCCCCC3)c2)c1. The number of amides is 1. The van der Waals surface area contributed by atoms with Gasteiger partial charge in [0.2, 0.25) is 10.0 Å². The van der Waals surface area contributed by atoms with Crippen LogP contribution in [0.4, 0.5) is 5.69 Å². The molecule has 8 heteroatoms. The standard InChI is InChI=1S/C20H23ClN2O3S2/c1-27-16-9-10-19(21)18(14-16)20(24)22-15-7-6-8-17(13-15)28(25,26)23-11-4-2-3-5-12-23/h6-10,13-14H,2-5,11-12H2,1H3,(H,22,24). The highest BCUT2D eigenvalue weighted by atomic mass is 35.5. The third kappa shape index (κ3) is 4.89. The van der Waals surface area contributed by atoms with E-state index in [0.717, 1.165) is 30.6 Å². The van der Waals surface area contributed by atoms with Gasteiger partial charge in [-0.15, -0.1) is 11.8 Å². The Bertz CT molecular complexity index is 956.